The predicted octanol–water partition coefficient (Wildman–Crippen LogP) is 2.73. The van der Waals surface area contributed by atoms with E-state index >= 15 is 0 Å². The van der Waals surface area contributed by atoms with Gasteiger partial charge in [0.2, 0.25) is 0 Å². The average molecular weight is 270 g/mol. The number of rotatable bonds is 5. The summed E-state index contributed by atoms with van der Waals surface area (Å²) in [6.45, 7) is 7.00. The van der Waals surface area contributed by atoms with Gasteiger partial charge in [0.1, 0.15) is 0 Å². The number of hydrogen-bond donors (Lipinski definition) is 0. The second kappa shape index (κ2) is 8.00. The molecule has 110 valence electrons. The highest BCUT2D eigenvalue weighted by Gasteiger charge is 2.32. The standard InChI is InChI=1S/C15H26O4/c1-3-5-7-14-16-10-13(11-17-14)15-18-8-12(6-4-2)9-19-15/h4,6,12-15H,3,5,7-11H2,1-2H3/b6-4+/t12-,13-,14-,15-. The molecule has 0 bridgehead atoms. The van der Waals surface area contributed by atoms with Gasteiger partial charge < -0.3 is 18.9 Å². The Kier molecular flexibility index (Phi) is 6.31. The van der Waals surface area contributed by atoms with Crippen molar-refractivity contribution in [1.82, 2.24) is 0 Å². The molecule has 0 saturated carbocycles. The van der Waals surface area contributed by atoms with E-state index in [-0.39, 0.29) is 18.5 Å². The fourth-order valence-corrected chi connectivity index (χ4v) is 2.44. The molecular weight excluding hydrogens is 244 g/mol. The van der Waals surface area contributed by atoms with Crippen LogP contribution in [0.1, 0.15) is 33.1 Å². The van der Waals surface area contributed by atoms with E-state index in [1.807, 2.05) is 13.0 Å². The Morgan fingerprint density at radius 3 is 2.26 bits per heavy atom. The lowest BCUT2D eigenvalue weighted by molar-refractivity contribution is -0.278. The van der Waals surface area contributed by atoms with E-state index < -0.39 is 0 Å². The first-order valence-corrected chi connectivity index (χ1v) is 7.42. The minimum Gasteiger partial charge on any atom is -0.352 e. The van der Waals surface area contributed by atoms with Crippen LogP contribution in [0.15, 0.2) is 12.2 Å². The maximum absolute atomic E-state index is 5.77. The fourth-order valence-electron chi connectivity index (χ4n) is 2.44. The maximum atomic E-state index is 5.77. The molecule has 0 spiro atoms. The summed E-state index contributed by atoms with van der Waals surface area (Å²) in [5.41, 5.74) is 0. The molecular formula is C15H26O4. The van der Waals surface area contributed by atoms with Crippen molar-refractivity contribution < 1.29 is 18.9 Å². The predicted molar refractivity (Wildman–Crippen MR) is 72.7 cm³/mol. The van der Waals surface area contributed by atoms with Crippen molar-refractivity contribution in [3.63, 3.8) is 0 Å². The Morgan fingerprint density at radius 1 is 1.00 bits per heavy atom. The van der Waals surface area contributed by atoms with Gasteiger partial charge in [-0.25, -0.2) is 0 Å². The van der Waals surface area contributed by atoms with Crippen LogP contribution in [0, 0.1) is 11.8 Å². The van der Waals surface area contributed by atoms with Gasteiger partial charge in [0.05, 0.1) is 32.3 Å². The zero-order chi connectivity index (χ0) is 13.5. The van der Waals surface area contributed by atoms with E-state index in [0.717, 1.165) is 26.1 Å². The highest BCUT2D eigenvalue weighted by molar-refractivity contribution is 4.87. The van der Waals surface area contributed by atoms with E-state index in [0.29, 0.717) is 19.1 Å². The molecule has 2 saturated heterocycles. The van der Waals surface area contributed by atoms with Gasteiger partial charge in [-0.15, -0.1) is 0 Å². The Labute approximate surface area is 116 Å². The summed E-state index contributed by atoms with van der Waals surface area (Å²) in [6.07, 6.45) is 7.28. The van der Waals surface area contributed by atoms with Gasteiger partial charge in [0.15, 0.2) is 12.6 Å². The molecule has 0 unspecified atom stereocenters. The Balaban J connectivity index is 1.68. The van der Waals surface area contributed by atoms with Crippen molar-refractivity contribution in [3.8, 4) is 0 Å². The molecule has 2 rings (SSSR count). The van der Waals surface area contributed by atoms with Crippen molar-refractivity contribution in [2.24, 2.45) is 11.8 Å². The fraction of sp³-hybridized carbons (Fsp3) is 0.867. The summed E-state index contributed by atoms with van der Waals surface area (Å²) in [5.74, 6) is 0.577. The summed E-state index contributed by atoms with van der Waals surface area (Å²) < 4.78 is 23.0. The topological polar surface area (TPSA) is 36.9 Å². The molecule has 2 aliphatic rings. The summed E-state index contributed by atoms with van der Waals surface area (Å²) in [5, 5.41) is 0. The summed E-state index contributed by atoms with van der Waals surface area (Å²) in [7, 11) is 0. The van der Waals surface area contributed by atoms with Crippen LogP contribution in [0.3, 0.4) is 0 Å². The molecule has 19 heavy (non-hydrogen) atoms. The van der Waals surface area contributed by atoms with Crippen molar-refractivity contribution in [3.05, 3.63) is 12.2 Å². The third kappa shape index (κ3) is 4.56. The van der Waals surface area contributed by atoms with Gasteiger partial charge in [-0.2, -0.15) is 0 Å². The van der Waals surface area contributed by atoms with Crippen LogP contribution in [-0.2, 0) is 18.9 Å². The van der Waals surface area contributed by atoms with Gasteiger partial charge >= 0.3 is 0 Å². The second-order valence-electron chi connectivity index (χ2n) is 5.32. The Hall–Kier alpha value is -0.420. The Morgan fingerprint density at radius 2 is 1.68 bits per heavy atom. The molecule has 0 aromatic rings. The van der Waals surface area contributed by atoms with Crippen molar-refractivity contribution in [2.45, 2.75) is 45.7 Å². The first kappa shape index (κ1) is 15.0. The zero-order valence-corrected chi connectivity index (χ0v) is 12.0. The molecule has 2 aliphatic heterocycles. The van der Waals surface area contributed by atoms with Crippen LogP contribution < -0.4 is 0 Å². The number of hydrogen-bond acceptors (Lipinski definition) is 4. The second-order valence-corrected chi connectivity index (χ2v) is 5.32. The van der Waals surface area contributed by atoms with Crippen molar-refractivity contribution >= 4 is 0 Å². The smallest absolute Gasteiger partial charge is 0.164 e. The largest absolute Gasteiger partial charge is 0.352 e. The number of unbranched alkanes of at least 4 members (excludes halogenated alkanes) is 1. The van der Waals surface area contributed by atoms with Crippen LogP contribution in [-0.4, -0.2) is 39.0 Å². The van der Waals surface area contributed by atoms with Crippen LogP contribution in [0.4, 0.5) is 0 Å². The third-order valence-electron chi connectivity index (χ3n) is 3.58. The van der Waals surface area contributed by atoms with Crippen LogP contribution in [0.25, 0.3) is 0 Å². The SMILES string of the molecule is C/C=C/[C@H]1CO[C@H]([C@H]2CO[C@H](CCCC)OC2)OC1. The van der Waals surface area contributed by atoms with Gasteiger partial charge in [-0.1, -0.05) is 25.5 Å². The Bertz CT molecular complexity index is 263. The summed E-state index contributed by atoms with van der Waals surface area (Å²) in [6, 6.07) is 0. The molecule has 0 aromatic heterocycles. The van der Waals surface area contributed by atoms with E-state index in [4.69, 9.17) is 18.9 Å². The number of ether oxygens (including phenoxy) is 4. The van der Waals surface area contributed by atoms with Crippen LogP contribution in [0.2, 0.25) is 0 Å². The normalized spacial score (nSPS) is 36.7. The molecule has 2 fully saturated rings. The number of allylic oxidation sites excluding steroid dienone is 1. The van der Waals surface area contributed by atoms with Crippen LogP contribution >= 0.6 is 0 Å². The van der Waals surface area contributed by atoms with Gasteiger partial charge in [-0.05, 0) is 19.8 Å². The molecule has 0 radical (unpaired) electrons. The van der Waals surface area contributed by atoms with Crippen molar-refractivity contribution in [2.75, 3.05) is 26.4 Å². The lowest BCUT2D eigenvalue weighted by Gasteiger charge is -2.37. The minimum atomic E-state index is -0.173. The highest BCUT2D eigenvalue weighted by Crippen LogP contribution is 2.24. The monoisotopic (exact) mass is 270 g/mol. The first-order chi connectivity index (χ1) is 9.33. The summed E-state index contributed by atoms with van der Waals surface area (Å²) >= 11 is 0. The van der Waals surface area contributed by atoms with Crippen LogP contribution in [0.5, 0.6) is 0 Å². The van der Waals surface area contributed by atoms with E-state index in [1.165, 1.54) is 6.42 Å². The minimum absolute atomic E-state index is 0.0319. The van der Waals surface area contributed by atoms with Gasteiger partial charge in [0.25, 0.3) is 0 Å². The molecule has 0 aliphatic carbocycles. The molecule has 0 N–H and O–H groups in total. The van der Waals surface area contributed by atoms with E-state index in [2.05, 4.69) is 13.0 Å². The van der Waals surface area contributed by atoms with Gasteiger partial charge in [0, 0.05) is 5.92 Å². The molecule has 0 atom stereocenters. The third-order valence-corrected chi connectivity index (χ3v) is 3.58. The lowest BCUT2D eigenvalue weighted by atomic mass is 10.1. The lowest BCUT2D eigenvalue weighted by Crippen LogP contribution is -2.44. The average Bonchev–Trinajstić information content (AvgIpc) is 2.47. The molecule has 0 amide bonds. The highest BCUT2D eigenvalue weighted by atomic mass is 16.7. The molecule has 2 heterocycles. The maximum Gasteiger partial charge on any atom is 0.164 e. The zero-order valence-electron chi connectivity index (χ0n) is 12.0. The van der Waals surface area contributed by atoms with E-state index in [9.17, 15) is 0 Å². The molecule has 0 aromatic carbocycles. The van der Waals surface area contributed by atoms with Gasteiger partial charge in [-0.3, -0.25) is 0 Å². The van der Waals surface area contributed by atoms with Crippen molar-refractivity contribution in [1.29, 1.82) is 0 Å². The quantitative estimate of drug-likeness (QED) is 0.720. The first-order valence-electron chi connectivity index (χ1n) is 7.42. The molecule has 4 nitrogen and oxygen atoms in total. The summed E-state index contributed by atoms with van der Waals surface area (Å²) in [4.78, 5) is 0. The van der Waals surface area contributed by atoms with E-state index in [1.54, 1.807) is 0 Å². The molecule has 4 heteroatoms.